The molecule has 28 heavy (non-hydrogen) atoms. The molecule has 3 rings (SSSR count). The number of furan rings is 1. The Morgan fingerprint density at radius 1 is 1.29 bits per heavy atom. The minimum Gasteiger partial charge on any atom is -0.459 e. The molecule has 1 atom stereocenters. The number of halogens is 2. The Hall–Kier alpha value is -1.69. The van der Waals surface area contributed by atoms with Crippen LogP contribution < -0.4 is 10.6 Å². The zero-order chi connectivity index (χ0) is 18.9. The summed E-state index contributed by atoms with van der Waals surface area (Å²) in [6, 6.07) is 10.8. The number of para-hydroxylation sites is 1. The number of hydrogen-bond donors (Lipinski definition) is 1. The second-order valence-electron chi connectivity index (χ2n) is 8.11. The lowest BCUT2D eigenvalue weighted by Gasteiger charge is -2.29. The number of carbonyl (C=O) groups excluding carboxylic acids is 1. The first-order valence-electron chi connectivity index (χ1n) is 9.19. The van der Waals surface area contributed by atoms with Gasteiger partial charge in [0.2, 0.25) is 0 Å². The van der Waals surface area contributed by atoms with Gasteiger partial charge in [-0.25, -0.2) is 0 Å². The molecule has 0 spiro atoms. The quantitative estimate of drug-likeness (QED) is 0.752. The minimum atomic E-state index is -0.125. The maximum atomic E-state index is 12.9. The average molecular weight is 428 g/mol. The van der Waals surface area contributed by atoms with Crippen LogP contribution in [0.3, 0.4) is 0 Å². The van der Waals surface area contributed by atoms with E-state index in [1.165, 1.54) is 11.3 Å². The third-order valence-electron chi connectivity index (χ3n) is 5.19. The SMILES string of the molecule is CC1Cc2ccccc2N1Cc1ccoc1C(=O)N(C)CC(C)(C)CN.Cl.Cl. The normalized spacial score (nSPS) is 15.5. The van der Waals surface area contributed by atoms with Crippen LogP contribution in [0.2, 0.25) is 0 Å². The number of anilines is 1. The average Bonchev–Trinajstić information content (AvgIpc) is 3.19. The van der Waals surface area contributed by atoms with Crippen molar-refractivity contribution in [2.45, 2.75) is 39.8 Å². The predicted octanol–water partition coefficient (Wildman–Crippen LogP) is 4.13. The Morgan fingerprint density at radius 2 is 1.96 bits per heavy atom. The van der Waals surface area contributed by atoms with E-state index >= 15 is 0 Å². The van der Waals surface area contributed by atoms with Crippen molar-refractivity contribution in [2.24, 2.45) is 11.1 Å². The Kier molecular flexibility index (Phi) is 8.42. The van der Waals surface area contributed by atoms with Gasteiger partial charge in [-0.1, -0.05) is 32.0 Å². The Bertz CT molecular complexity index is 791. The van der Waals surface area contributed by atoms with Gasteiger partial charge in [0.05, 0.1) is 6.26 Å². The molecule has 0 fully saturated rings. The lowest BCUT2D eigenvalue weighted by Crippen LogP contribution is -2.40. The molecule has 5 nitrogen and oxygen atoms in total. The van der Waals surface area contributed by atoms with Crippen molar-refractivity contribution in [2.75, 3.05) is 25.0 Å². The molecule has 2 N–H and O–H groups in total. The van der Waals surface area contributed by atoms with Crippen molar-refractivity contribution >= 4 is 36.4 Å². The first kappa shape index (κ1) is 24.3. The van der Waals surface area contributed by atoms with E-state index in [9.17, 15) is 4.79 Å². The van der Waals surface area contributed by atoms with Crippen molar-refractivity contribution in [1.82, 2.24) is 4.90 Å². The first-order valence-corrected chi connectivity index (χ1v) is 9.19. The van der Waals surface area contributed by atoms with Gasteiger partial charge in [0.15, 0.2) is 5.76 Å². The van der Waals surface area contributed by atoms with E-state index in [1.807, 2.05) is 6.07 Å². The van der Waals surface area contributed by atoms with Gasteiger partial charge in [-0.15, -0.1) is 24.8 Å². The lowest BCUT2D eigenvalue weighted by molar-refractivity contribution is 0.0707. The summed E-state index contributed by atoms with van der Waals surface area (Å²) in [5, 5.41) is 0. The molecule has 1 aromatic carbocycles. The van der Waals surface area contributed by atoms with Crippen molar-refractivity contribution in [3.8, 4) is 0 Å². The van der Waals surface area contributed by atoms with Gasteiger partial charge in [-0.2, -0.15) is 0 Å². The van der Waals surface area contributed by atoms with E-state index in [4.69, 9.17) is 10.2 Å². The van der Waals surface area contributed by atoms with Gasteiger partial charge in [0.25, 0.3) is 5.91 Å². The summed E-state index contributed by atoms with van der Waals surface area (Å²) in [4.78, 5) is 16.9. The summed E-state index contributed by atoms with van der Waals surface area (Å²) in [6.07, 6.45) is 2.64. The predicted molar refractivity (Wildman–Crippen MR) is 119 cm³/mol. The van der Waals surface area contributed by atoms with Crippen LogP contribution in [0.4, 0.5) is 5.69 Å². The number of carbonyl (C=O) groups is 1. The van der Waals surface area contributed by atoms with Crippen molar-refractivity contribution in [3.63, 3.8) is 0 Å². The van der Waals surface area contributed by atoms with Crippen molar-refractivity contribution < 1.29 is 9.21 Å². The van der Waals surface area contributed by atoms with Crippen LogP contribution in [0.1, 0.15) is 42.5 Å². The number of rotatable bonds is 6. The van der Waals surface area contributed by atoms with Gasteiger partial charge in [0, 0.05) is 37.4 Å². The molecule has 0 saturated carbocycles. The second kappa shape index (κ2) is 9.68. The molecule has 1 aliphatic heterocycles. The molecule has 7 heteroatoms. The maximum absolute atomic E-state index is 12.9. The number of amides is 1. The highest BCUT2D eigenvalue weighted by Crippen LogP contribution is 2.33. The topological polar surface area (TPSA) is 62.7 Å². The summed E-state index contributed by atoms with van der Waals surface area (Å²) < 4.78 is 5.58. The highest BCUT2D eigenvalue weighted by atomic mass is 35.5. The molecule has 2 aromatic rings. The van der Waals surface area contributed by atoms with Crippen LogP contribution in [-0.4, -0.2) is 37.0 Å². The molecule has 156 valence electrons. The number of nitrogens with two attached hydrogens (primary N) is 1. The molecule has 0 saturated heterocycles. The maximum Gasteiger partial charge on any atom is 0.289 e. The summed E-state index contributed by atoms with van der Waals surface area (Å²) in [7, 11) is 1.81. The summed E-state index contributed by atoms with van der Waals surface area (Å²) in [6.45, 7) is 8.12. The molecule has 0 radical (unpaired) electrons. The number of nitrogens with zero attached hydrogens (tertiary/aromatic N) is 2. The highest BCUT2D eigenvalue weighted by Gasteiger charge is 2.29. The van der Waals surface area contributed by atoms with E-state index < -0.39 is 0 Å². The molecule has 2 heterocycles. The van der Waals surface area contributed by atoms with Crippen LogP contribution in [0, 0.1) is 5.41 Å². The van der Waals surface area contributed by atoms with Crippen LogP contribution >= 0.6 is 24.8 Å². The van der Waals surface area contributed by atoms with Crippen molar-refractivity contribution in [3.05, 3.63) is 53.5 Å². The van der Waals surface area contributed by atoms with E-state index in [0.717, 1.165) is 12.0 Å². The smallest absolute Gasteiger partial charge is 0.289 e. The second-order valence-corrected chi connectivity index (χ2v) is 8.11. The third-order valence-corrected chi connectivity index (χ3v) is 5.19. The molecular formula is C21H31Cl2N3O2. The fourth-order valence-corrected chi connectivity index (χ4v) is 3.65. The third kappa shape index (κ3) is 5.02. The number of benzene rings is 1. The Labute approximate surface area is 180 Å². The lowest BCUT2D eigenvalue weighted by atomic mass is 9.93. The van der Waals surface area contributed by atoms with Gasteiger partial charge in [0.1, 0.15) is 0 Å². The largest absolute Gasteiger partial charge is 0.459 e. The minimum absolute atomic E-state index is 0. The van der Waals surface area contributed by atoms with Crippen LogP contribution in [0.15, 0.2) is 41.0 Å². The van der Waals surface area contributed by atoms with Crippen LogP contribution in [0.5, 0.6) is 0 Å². The molecule has 1 aromatic heterocycles. The molecule has 0 aliphatic carbocycles. The fourth-order valence-electron chi connectivity index (χ4n) is 3.65. The van der Waals surface area contributed by atoms with Crippen LogP contribution in [0.25, 0.3) is 0 Å². The van der Waals surface area contributed by atoms with E-state index in [1.54, 1.807) is 18.2 Å². The molecule has 1 aliphatic rings. The highest BCUT2D eigenvalue weighted by molar-refractivity contribution is 5.93. The van der Waals surface area contributed by atoms with Crippen molar-refractivity contribution in [1.29, 1.82) is 0 Å². The van der Waals surface area contributed by atoms with Crippen LogP contribution in [-0.2, 0) is 13.0 Å². The standard InChI is InChI=1S/C21H29N3O2.2ClH/c1-15-11-16-7-5-6-8-18(16)24(15)12-17-9-10-26-19(17)20(25)23(4)14-21(2,3)13-22;;/h5-10,15H,11-14,22H2,1-4H3;2*1H. The molecule has 1 amide bonds. The van der Waals surface area contributed by atoms with E-state index in [0.29, 0.717) is 31.4 Å². The first-order chi connectivity index (χ1) is 12.3. The molecular weight excluding hydrogens is 397 g/mol. The summed E-state index contributed by atoms with van der Waals surface area (Å²) >= 11 is 0. The van der Waals surface area contributed by atoms with Gasteiger partial charge >= 0.3 is 0 Å². The Balaban J connectivity index is 0.00000196. The van der Waals surface area contributed by atoms with Gasteiger partial charge in [-0.05, 0) is 43.0 Å². The monoisotopic (exact) mass is 427 g/mol. The zero-order valence-corrected chi connectivity index (χ0v) is 18.6. The van der Waals surface area contributed by atoms with E-state index in [2.05, 4.69) is 49.9 Å². The fraction of sp³-hybridized carbons (Fsp3) is 0.476. The number of hydrogen-bond acceptors (Lipinski definition) is 4. The van der Waals surface area contributed by atoms with Gasteiger partial charge < -0.3 is 20.0 Å². The molecule has 1 unspecified atom stereocenters. The summed E-state index contributed by atoms with van der Waals surface area (Å²) in [5.41, 5.74) is 9.21. The zero-order valence-electron chi connectivity index (χ0n) is 17.0. The summed E-state index contributed by atoms with van der Waals surface area (Å²) in [5.74, 6) is 0.337. The molecule has 0 bridgehead atoms. The van der Waals surface area contributed by atoms with E-state index in [-0.39, 0.29) is 36.1 Å². The number of fused-ring (bicyclic) bond motifs is 1. The van der Waals surface area contributed by atoms with Gasteiger partial charge in [-0.3, -0.25) is 4.79 Å². The Morgan fingerprint density at radius 3 is 2.64 bits per heavy atom.